The summed E-state index contributed by atoms with van der Waals surface area (Å²) in [6, 6.07) is 0. The van der Waals surface area contributed by atoms with Gasteiger partial charge in [-0.2, -0.15) is 0 Å². The molecule has 0 aromatic rings. The third-order valence-corrected chi connectivity index (χ3v) is 2.81. The number of carbonyl (C=O) groups is 1. The van der Waals surface area contributed by atoms with Crippen LogP contribution in [0, 0.1) is 0 Å². The lowest BCUT2D eigenvalue weighted by Crippen LogP contribution is -2.39. The second kappa shape index (κ2) is 15.1. The molecular formula is C15H31N3O3. The standard InChI is InChI=1S/C15H31N3O3/c1-4-16-15(18-12-13-20-3)17-11-9-7-6-8-10-14(19)21-5-2/h4-13H2,1-3H3,(H2,16,17,18). The second-order valence-corrected chi connectivity index (χ2v) is 4.65. The Morgan fingerprint density at radius 1 is 1.10 bits per heavy atom. The predicted octanol–water partition coefficient (Wildman–Crippen LogP) is 1.70. The number of carbonyl (C=O) groups excluding carboxylic acids is 1. The largest absolute Gasteiger partial charge is 0.466 e. The van der Waals surface area contributed by atoms with Gasteiger partial charge in [0.05, 0.1) is 13.2 Å². The Kier molecular flexibility index (Phi) is 14.2. The molecule has 0 aliphatic rings. The lowest BCUT2D eigenvalue weighted by Gasteiger charge is -2.10. The summed E-state index contributed by atoms with van der Waals surface area (Å²) in [5.41, 5.74) is 0. The van der Waals surface area contributed by atoms with Gasteiger partial charge in [0.25, 0.3) is 0 Å². The van der Waals surface area contributed by atoms with Gasteiger partial charge in [0, 0.05) is 33.2 Å². The third-order valence-electron chi connectivity index (χ3n) is 2.81. The van der Waals surface area contributed by atoms with Crippen LogP contribution in [0.25, 0.3) is 0 Å². The second-order valence-electron chi connectivity index (χ2n) is 4.65. The van der Waals surface area contributed by atoms with E-state index in [0.717, 1.165) is 51.3 Å². The molecule has 124 valence electrons. The molecule has 0 aliphatic carbocycles. The van der Waals surface area contributed by atoms with Crippen LogP contribution in [0.5, 0.6) is 0 Å². The van der Waals surface area contributed by atoms with Crippen LogP contribution in [-0.2, 0) is 14.3 Å². The van der Waals surface area contributed by atoms with Crippen molar-refractivity contribution in [3.05, 3.63) is 0 Å². The van der Waals surface area contributed by atoms with Gasteiger partial charge in [-0.3, -0.25) is 9.79 Å². The van der Waals surface area contributed by atoms with Crippen molar-refractivity contribution in [3.63, 3.8) is 0 Å². The lowest BCUT2D eigenvalue weighted by molar-refractivity contribution is -0.143. The molecule has 0 fully saturated rings. The Morgan fingerprint density at radius 3 is 2.52 bits per heavy atom. The summed E-state index contributed by atoms with van der Waals surface area (Å²) < 4.78 is 9.88. The first kappa shape index (κ1) is 19.7. The third kappa shape index (κ3) is 13.4. The SMILES string of the molecule is CCNC(=NCCCCCCC(=O)OCC)NCCOC. The molecule has 21 heavy (non-hydrogen) atoms. The van der Waals surface area contributed by atoms with Crippen LogP contribution >= 0.6 is 0 Å². The highest BCUT2D eigenvalue weighted by molar-refractivity contribution is 5.79. The maximum absolute atomic E-state index is 11.1. The zero-order chi connectivity index (χ0) is 15.8. The average Bonchev–Trinajstić information content (AvgIpc) is 2.46. The molecule has 6 heteroatoms. The van der Waals surface area contributed by atoms with Gasteiger partial charge in [-0.15, -0.1) is 0 Å². The summed E-state index contributed by atoms with van der Waals surface area (Å²) in [6.45, 7) is 7.40. The molecule has 0 aliphatic heterocycles. The maximum atomic E-state index is 11.1. The van der Waals surface area contributed by atoms with E-state index in [9.17, 15) is 4.79 Å². The Hall–Kier alpha value is -1.30. The number of hydrogen-bond acceptors (Lipinski definition) is 4. The van der Waals surface area contributed by atoms with E-state index in [0.29, 0.717) is 19.6 Å². The van der Waals surface area contributed by atoms with E-state index in [-0.39, 0.29) is 5.97 Å². The van der Waals surface area contributed by atoms with Gasteiger partial charge in [-0.1, -0.05) is 12.8 Å². The number of methoxy groups -OCH3 is 1. The fourth-order valence-corrected chi connectivity index (χ4v) is 1.77. The monoisotopic (exact) mass is 301 g/mol. The summed E-state index contributed by atoms with van der Waals surface area (Å²) in [5, 5.41) is 6.40. The molecule has 0 aromatic carbocycles. The van der Waals surface area contributed by atoms with Crippen molar-refractivity contribution in [1.29, 1.82) is 0 Å². The molecular weight excluding hydrogens is 270 g/mol. The predicted molar refractivity (Wildman–Crippen MR) is 85.6 cm³/mol. The van der Waals surface area contributed by atoms with Gasteiger partial charge in [-0.25, -0.2) is 0 Å². The zero-order valence-corrected chi connectivity index (χ0v) is 13.7. The van der Waals surface area contributed by atoms with Gasteiger partial charge < -0.3 is 20.1 Å². The lowest BCUT2D eigenvalue weighted by atomic mass is 10.1. The summed E-state index contributed by atoms with van der Waals surface area (Å²) in [4.78, 5) is 15.6. The van der Waals surface area contributed by atoms with Crippen LogP contribution in [0.3, 0.4) is 0 Å². The highest BCUT2D eigenvalue weighted by Gasteiger charge is 2.00. The highest BCUT2D eigenvalue weighted by Crippen LogP contribution is 2.04. The van der Waals surface area contributed by atoms with Crippen LogP contribution in [0.2, 0.25) is 0 Å². The number of esters is 1. The first-order valence-corrected chi connectivity index (χ1v) is 7.91. The van der Waals surface area contributed by atoms with Crippen molar-refractivity contribution < 1.29 is 14.3 Å². The van der Waals surface area contributed by atoms with Crippen molar-refractivity contribution in [2.75, 3.05) is 40.0 Å². The number of nitrogens with zero attached hydrogens (tertiary/aromatic N) is 1. The van der Waals surface area contributed by atoms with Crippen LogP contribution in [0.4, 0.5) is 0 Å². The van der Waals surface area contributed by atoms with Gasteiger partial charge in [0.2, 0.25) is 0 Å². The number of unbranched alkanes of at least 4 members (excludes halogenated alkanes) is 3. The van der Waals surface area contributed by atoms with E-state index in [4.69, 9.17) is 9.47 Å². The molecule has 0 heterocycles. The Morgan fingerprint density at radius 2 is 1.86 bits per heavy atom. The summed E-state index contributed by atoms with van der Waals surface area (Å²) in [6.07, 6.45) is 4.58. The summed E-state index contributed by atoms with van der Waals surface area (Å²) >= 11 is 0. The highest BCUT2D eigenvalue weighted by atomic mass is 16.5. The van der Waals surface area contributed by atoms with E-state index in [1.807, 2.05) is 13.8 Å². The number of hydrogen-bond donors (Lipinski definition) is 2. The molecule has 2 N–H and O–H groups in total. The normalized spacial score (nSPS) is 11.3. The van der Waals surface area contributed by atoms with E-state index in [1.165, 1.54) is 0 Å². The maximum Gasteiger partial charge on any atom is 0.305 e. The summed E-state index contributed by atoms with van der Waals surface area (Å²) in [7, 11) is 1.68. The zero-order valence-electron chi connectivity index (χ0n) is 13.7. The van der Waals surface area contributed by atoms with Gasteiger partial charge in [0.1, 0.15) is 0 Å². The molecule has 0 radical (unpaired) electrons. The van der Waals surface area contributed by atoms with Crippen molar-refractivity contribution in [3.8, 4) is 0 Å². The first-order valence-electron chi connectivity index (χ1n) is 7.91. The van der Waals surface area contributed by atoms with Crippen molar-refractivity contribution in [2.45, 2.75) is 46.0 Å². The molecule has 0 bridgehead atoms. The number of aliphatic imine (C=N–C) groups is 1. The molecule has 0 amide bonds. The van der Waals surface area contributed by atoms with Crippen molar-refractivity contribution >= 4 is 11.9 Å². The minimum atomic E-state index is -0.0905. The minimum Gasteiger partial charge on any atom is -0.466 e. The van der Waals surface area contributed by atoms with Crippen LogP contribution in [0.15, 0.2) is 4.99 Å². The molecule has 0 saturated carbocycles. The van der Waals surface area contributed by atoms with Gasteiger partial charge >= 0.3 is 5.97 Å². The van der Waals surface area contributed by atoms with Crippen LogP contribution < -0.4 is 10.6 Å². The number of guanidine groups is 1. The van der Waals surface area contributed by atoms with E-state index in [2.05, 4.69) is 15.6 Å². The Bertz CT molecular complexity index is 283. The summed E-state index contributed by atoms with van der Waals surface area (Å²) in [5.74, 6) is 0.744. The molecule has 0 saturated heterocycles. The fraction of sp³-hybridized carbons (Fsp3) is 0.867. The average molecular weight is 301 g/mol. The smallest absolute Gasteiger partial charge is 0.305 e. The number of ether oxygens (including phenoxy) is 2. The van der Waals surface area contributed by atoms with E-state index < -0.39 is 0 Å². The quantitative estimate of drug-likeness (QED) is 0.248. The van der Waals surface area contributed by atoms with Crippen LogP contribution in [-0.4, -0.2) is 51.9 Å². The number of nitrogens with one attached hydrogen (secondary N) is 2. The molecule has 0 atom stereocenters. The van der Waals surface area contributed by atoms with E-state index >= 15 is 0 Å². The first-order chi connectivity index (χ1) is 10.2. The minimum absolute atomic E-state index is 0.0905. The van der Waals surface area contributed by atoms with Crippen molar-refractivity contribution in [2.24, 2.45) is 4.99 Å². The van der Waals surface area contributed by atoms with Gasteiger partial charge in [0.15, 0.2) is 5.96 Å². The molecule has 0 unspecified atom stereocenters. The Balaban J connectivity index is 3.62. The molecule has 0 rings (SSSR count). The number of rotatable bonds is 12. The Labute approximate surface area is 128 Å². The topological polar surface area (TPSA) is 72.0 Å². The van der Waals surface area contributed by atoms with Crippen molar-refractivity contribution in [1.82, 2.24) is 10.6 Å². The van der Waals surface area contributed by atoms with E-state index in [1.54, 1.807) is 7.11 Å². The molecule has 0 aromatic heterocycles. The van der Waals surface area contributed by atoms with Gasteiger partial charge in [-0.05, 0) is 26.7 Å². The van der Waals surface area contributed by atoms with Crippen LogP contribution in [0.1, 0.15) is 46.0 Å². The molecule has 6 nitrogen and oxygen atoms in total. The fourth-order valence-electron chi connectivity index (χ4n) is 1.77. The molecule has 0 spiro atoms.